The van der Waals surface area contributed by atoms with Gasteiger partial charge in [0.1, 0.15) is 11.4 Å². The van der Waals surface area contributed by atoms with E-state index in [-0.39, 0.29) is 31.1 Å². The van der Waals surface area contributed by atoms with Gasteiger partial charge in [0, 0.05) is 11.3 Å². The van der Waals surface area contributed by atoms with Crippen LogP contribution in [0, 0.1) is 20.8 Å². The average Bonchev–Trinajstić information content (AvgIpc) is 2.94. The Morgan fingerprint density at radius 3 is 2.50 bits per heavy atom. The first kappa shape index (κ1) is 21.2. The van der Waals surface area contributed by atoms with Gasteiger partial charge in [-0.1, -0.05) is 12.1 Å². The minimum atomic E-state index is -0.530. The predicted molar refractivity (Wildman–Crippen MR) is 103 cm³/mol. The van der Waals surface area contributed by atoms with E-state index in [2.05, 4.69) is 4.98 Å². The van der Waals surface area contributed by atoms with E-state index in [9.17, 15) is 14.4 Å². The summed E-state index contributed by atoms with van der Waals surface area (Å²) in [5.74, 6) is -0.756. The van der Waals surface area contributed by atoms with Crippen LogP contribution >= 0.6 is 0 Å². The monoisotopic (exact) mass is 387 g/mol. The van der Waals surface area contributed by atoms with Crippen LogP contribution in [0.4, 0.5) is 0 Å². The Balaban J connectivity index is 1.86. The minimum absolute atomic E-state index is 0.0282. The van der Waals surface area contributed by atoms with Gasteiger partial charge in [-0.05, 0) is 51.0 Å². The van der Waals surface area contributed by atoms with Crippen molar-refractivity contribution in [1.82, 2.24) is 4.98 Å². The highest BCUT2D eigenvalue weighted by Crippen LogP contribution is 2.19. The van der Waals surface area contributed by atoms with Gasteiger partial charge in [-0.15, -0.1) is 0 Å². The maximum Gasteiger partial charge on any atom is 0.355 e. The van der Waals surface area contributed by atoms with Crippen molar-refractivity contribution in [3.63, 3.8) is 0 Å². The maximum absolute atomic E-state index is 12.4. The molecule has 1 aromatic carbocycles. The van der Waals surface area contributed by atoms with Crippen molar-refractivity contribution in [3.8, 4) is 5.75 Å². The van der Waals surface area contributed by atoms with Gasteiger partial charge in [-0.3, -0.25) is 9.59 Å². The first-order chi connectivity index (χ1) is 13.3. The molecule has 2 aromatic rings. The molecule has 2 rings (SSSR count). The number of H-pyrrole nitrogens is 1. The number of aryl methyl sites for hydroxylation is 2. The van der Waals surface area contributed by atoms with Crippen LogP contribution in [0.1, 0.15) is 51.0 Å². The highest BCUT2D eigenvalue weighted by atomic mass is 16.5. The first-order valence-corrected chi connectivity index (χ1v) is 9.08. The second-order valence-corrected chi connectivity index (χ2v) is 6.34. The van der Waals surface area contributed by atoms with Crippen molar-refractivity contribution in [2.45, 2.75) is 34.1 Å². The normalized spacial score (nSPS) is 10.4. The van der Waals surface area contributed by atoms with E-state index < -0.39 is 18.5 Å². The molecule has 0 unspecified atom stereocenters. The van der Waals surface area contributed by atoms with Crippen LogP contribution in [0.5, 0.6) is 5.75 Å². The number of aromatic nitrogens is 1. The molecule has 0 radical (unpaired) electrons. The third kappa shape index (κ3) is 5.45. The number of rotatable bonds is 9. The van der Waals surface area contributed by atoms with Gasteiger partial charge >= 0.3 is 11.9 Å². The van der Waals surface area contributed by atoms with Crippen molar-refractivity contribution in [3.05, 3.63) is 52.3 Å². The quantitative estimate of drug-likeness (QED) is 0.524. The van der Waals surface area contributed by atoms with E-state index in [1.54, 1.807) is 26.8 Å². The summed E-state index contributed by atoms with van der Waals surface area (Å²) in [6.45, 7) is 6.99. The summed E-state index contributed by atoms with van der Waals surface area (Å²) < 4.78 is 15.5. The van der Waals surface area contributed by atoms with Crippen LogP contribution in [0.15, 0.2) is 24.3 Å². The standard InChI is InChI=1S/C21H25NO6/c1-5-26-21(25)20-14(3)19(15(4)22-20)17(23)12-28-18(24)9-10-27-16-8-6-7-13(2)11-16/h6-8,11,22H,5,9-10,12H2,1-4H3. The fourth-order valence-corrected chi connectivity index (χ4v) is 2.82. The molecule has 1 N–H and O–H groups in total. The first-order valence-electron chi connectivity index (χ1n) is 9.08. The Bertz CT molecular complexity index is 868. The average molecular weight is 387 g/mol. The molecule has 1 heterocycles. The number of ketones is 1. The molecule has 7 heteroatoms. The molecule has 0 bridgehead atoms. The molecule has 1 aromatic heterocycles. The van der Waals surface area contributed by atoms with E-state index >= 15 is 0 Å². The van der Waals surface area contributed by atoms with E-state index in [4.69, 9.17) is 14.2 Å². The Morgan fingerprint density at radius 2 is 1.82 bits per heavy atom. The van der Waals surface area contributed by atoms with Gasteiger partial charge in [0.2, 0.25) is 5.78 Å². The van der Waals surface area contributed by atoms with E-state index in [1.807, 2.05) is 25.1 Å². The Kier molecular flexibility index (Phi) is 7.37. The van der Waals surface area contributed by atoms with E-state index in [0.717, 1.165) is 5.56 Å². The zero-order valence-electron chi connectivity index (χ0n) is 16.6. The molecule has 150 valence electrons. The highest BCUT2D eigenvalue weighted by molar-refractivity contribution is 6.03. The maximum atomic E-state index is 12.4. The predicted octanol–water partition coefficient (Wildman–Crippen LogP) is 3.31. The summed E-state index contributed by atoms with van der Waals surface area (Å²) in [7, 11) is 0. The largest absolute Gasteiger partial charge is 0.493 e. The minimum Gasteiger partial charge on any atom is -0.493 e. The fraction of sp³-hybridized carbons (Fsp3) is 0.381. The van der Waals surface area contributed by atoms with Crippen molar-refractivity contribution >= 4 is 17.7 Å². The number of Topliss-reactive ketones (excluding diaryl/α,β-unsaturated/α-hetero) is 1. The zero-order valence-corrected chi connectivity index (χ0v) is 16.6. The van der Waals surface area contributed by atoms with Crippen molar-refractivity contribution < 1.29 is 28.6 Å². The smallest absolute Gasteiger partial charge is 0.355 e. The number of esters is 2. The number of carbonyl (C=O) groups excluding carboxylic acids is 3. The van der Waals surface area contributed by atoms with Gasteiger partial charge in [0.25, 0.3) is 0 Å². The van der Waals surface area contributed by atoms with E-state index in [1.165, 1.54) is 0 Å². The lowest BCUT2D eigenvalue weighted by Gasteiger charge is -2.07. The van der Waals surface area contributed by atoms with Gasteiger partial charge in [0.15, 0.2) is 6.61 Å². The molecule has 0 aliphatic rings. The summed E-state index contributed by atoms with van der Waals surface area (Å²) in [6, 6.07) is 7.49. The number of nitrogens with one attached hydrogen (secondary N) is 1. The Labute approximate surface area is 164 Å². The van der Waals surface area contributed by atoms with Crippen LogP contribution in [0.25, 0.3) is 0 Å². The molecule has 0 aliphatic heterocycles. The molecular weight excluding hydrogens is 362 g/mol. The van der Waals surface area contributed by atoms with Crippen LogP contribution in [0.2, 0.25) is 0 Å². The molecule has 0 saturated heterocycles. The molecule has 0 fully saturated rings. The summed E-state index contributed by atoms with van der Waals surface area (Å²) in [5.41, 5.74) is 2.65. The Morgan fingerprint density at radius 1 is 1.07 bits per heavy atom. The van der Waals surface area contributed by atoms with Crippen LogP contribution < -0.4 is 4.74 Å². The molecular formula is C21H25NO6. The molecule has 0 atom stereocenters. The van der Waals surface area contributed by atoms with Gasteiger partial charge < -0.3 is 19.2 Å². The molecule has 0 amide bonds. The van der Waals surface area contributed by atoms with Gasteiger partial charge in [-0.25, -0.2) is 4.79 Å². The number of carbonyl (C=O) groups is 3. The SMILES string of the molecule is CCOC(=O)c1[nH]c(C)c(C(=O)COC(=O)CCOc2cccc(C)c2)c1C. The van der Waals surface area contributed by atoms with Crippen molar-refractivity contribution in [2.75, 3.05) is 19.8 Å². The topological polar surface area (TPSA) is 94.7 Å². The number of aromatic amines is 1. The molecule has 0 aliphatic carbocycles. The molecule has 0 spiro atoms. The summed E-state index contributed by atoms with van der Waals surface area (Å²) >= 11 is 0. The zero-order chi connectivity index (χ0) is 20.7. The number of hydrogen-bond acceptors (Lipinski definition) is 6. The Hall–Kier alpha value is -3.09. The van der Waals surface area contributed by atoms with Gasteiger partial charge in [0.05, 0.1) is 19.6 Å². The number of ether oxygens (including phenoxy) is 3. The molecule has 28 heavy (non-hydrogen) atoms. The molecule has 0 saturated carbocycles. The lowest BCUT2D eigenvalue weighted by Crippen LogP contribution is -2.17. The van der Waals surface area contributed by atoms with Crippen LogP contribution in [-0.4, -0.2) is 42.5 Å². The van der Waals surface area contributed by atoms with Gasteiger partial charge in [-0.2, -0.15) is 0 Å². The third-order valence-electron chi connectivity index (χ3n) is 4.12. The summed E-state index contributed by atoms with van der Waals surface area (Å²) in [5, 5.41) is 0. The molecule has 7 nitrogen and oxygen atoms in total. The lowest BCUT2D eigenvalue weighted by atomic mass is 10.1. The summed E-state index contributed by atoms with van der Waals surface area (Å²) in [6.07, 6.45) is 0.0282. The number of hydrogen-bond donors (Lipinski definition) is 1. The fourth-order valence-electron chi connectivity index (χ4n) is 2.82. The van der Waals surface area contributed by atoms with Crippen LogP contribution in [-0.2, 0) is 14.3 Å². The third-order valence-corrected chi connectivity index (χ3v) is 4.12. The van der Waals surface area contributed by atoms with Crippen molar-refractivity contribution in [2.24, 2.45) is 0 Å². The second-order valence-electron chi connectivity index (χ2n) is 6.34. The second kappa shape index (κ2) is 9.73. The highest BCUT2D eigenvalue weighted by Gasteiger charge is 2.23. The van der Waals surface area contributed by atoms with Crippen molar-refractivity contribution in [1.29, 1.82) is 0 Å². The summed E-state index contributed by atoms with van der Waals surface area (Å²) in [4.78, 5) is 39.1. The lowest BCUT2D eigenvalue weighted by molar-refractivity contribution is -0.143. The number of benzene rings is 1. The van der Waals surface area contributed by atoms with E-state index in [0.29, 0.717) is 22.6 Å². The van der Waals surface area contributed by atoms with Crippen LogP contribution in [0.3, 0.4) is 0 Å².